The van der Waals surface area contributed by atoms with Gasteiger partial charge in [-0.15, -0.1) is 5.10 Å². The second-order valence-electron chi connectivity index (χ2n) is 6.40. The summed E-state index contributed by atoms with van der Waals surface area (Å²) in [7, 11) is 0. The number of benzene rings is 1. The largest absolute Gasteiger partial charge is 0.460 e. The van der Waals surface area contributed by atoms with Crippen molar-refractivity contribution in [1.29, 1.82) is 0 Å². The SMILES string of the molecule is CC(C)OC(=O)/C=C\n1cnc(-c2cc(Nc3cncnc3)cc(C(F)(F)F)c2)n1. The predicted octanol–water partition coefficient (Wildman–Crippen LogP) is 3.92. The Bertz CT molecular complexity index is 1050. The second-order valence-corrected chi connectivity index (χ2v) is 6.40. The molecular weight excluding hydrogens is 401 g/mol. The molecule has 0 radical (unpaired) electrons. The summed E-state index contributed by atoms with van der Waals surface area (Å²) in [6.45, 7) is 3.42. The van der Waals surface area contributed by atoms with Crippen molar-refractivity contribution in [2.45, 2.75) is 26.1 Å². The van der Waals surface area contributed by atoms with Gasteiger partial charge >= 0.3 is 12.1 Å². The first-order valence-corrected chi connectivity index (χ1v) is 8.75. The zero-order chi connectivity index (χ0) is 21.7. The molecule has 0 aliphatic rings. The number of hydrogen-bond donors (Lipinski definition) is 1. The monoisotopic (exact) mass is 418 g/mol. The quantitative estimate of drug-likeness (QED) is 0.479. The molecule has 0 aliphatic carbocycles. The lowest BCUT2D eigenvalue weighted by atomic mass is 10.1. The molecule has 0 unspecified atom stereocenters. The first-order valence-electron chi connectivity index (χ1n) is 8.75. The molecule has 1 aromatic carbocycles. The molecule has 2 aromatic heterocycles. The van der Waals surface area contributed by atoms with Crippen LogP contribution in [0.15, 0.2) is 49.3 Å². The first kappa shape index (κ1) is 21.0. The third kappa shape index (κ3) is 5.63. The average Bonchev–Trinajstić information content (AvgIpc) is 3.15. The van der Waals surface area contributed by atoms with Crippen molar-refractivity contribution in [2.24, 2.45) is 0 Å². The number of nitrogens with one attached hydrogen (secondary N) is 1. The number of ether oxygens (including phenoxy) is 1. The van der Waals surface area contributed by atoms with Crippen molar-refractivity contribution in [1.82, 2.24) is 24.7 Å². The van der Waals surface area contributed by atoms with Crippen LogP contribution in [0.2, 0.25) is 0 Å². The highest BCUT2D eigenvalue weighted by atomic mass is 19.4. The Kier molecular flexibility index (Phi) is 6.09. The number of hydrogen-bond acceptors (Lipinski definition) is 7. The molecule has 1 N–H and O–H groups in total. The molecule has 0 spiro atoms. The van der Waals surface area contributed by atoms with Crippen LogP contribution in [0.3, 0.4) is 0 Å². The topological polar surface area (TPSA) is 94.8 Å². The molecule has 0 saturated carbocycles. The summed E-state index contributed by atoms with van der Waals surface area (Å²) in [6, 6.07) is 3.39. The number of carbonyl (C=O) groups is 1. The average molecular weight is 418 g/mol. The maximum Gasteiger partial charge on any atom is 0.416 e. The Balaban J connectivity index is 1.89. The van der Waals surface area contributed by atoms with Crippen LogP contribution in [0.4, 0.5) is 24.5 Å². The van der Waals surface area contributed by atoms with E-state index in [9.17, 15) is 18.0 Å². The zero-order valence-electron chi connectivity index (χ0n) is 16.0. The van der Waals surface area contributed by atoms with E-state index in [1.54, 1.807) is 13.8 Å². The van der Waals surface area contributed by atoms with Crippen LogP contribution in [-0.2, 0) is 15.7 Å². The van der Waals surface area contributed by atoms with E-state index >= 15 is 0 Å². The summed E-state index contributed by atoms with van der Waals surface area (Å²) >= 11 is 0. The van der Waals surface area contributed by atoms with E-state index in [1.165, 1.54) is 42.0 Å². The number of aromatic nitrogens is 5. The Labute approximate surface area is 169 Å². The van der Waals surface area contributed by atoms with Crippen LogP contribution in [0.5, 0.6) is 0 Å². The maximum atomic E-state index is 13.4. The fraction of sp³-hybridized carbons (Fsp3) is 0.211. The third-order valence-electron chi connectivity index (χ3n) is 3.59. The zero-order valence-corrected chi connectivity index (χ0v) is 16.0. The second kappa shape index (κ2) is 8.72. The molecule has 8 nitrogen and oxygen atoms in total. The normalized spacial score (nSPS) is 11.8. The lowest BCUT2D eigenvalue weighted by molar-refractivity contribution is -0.141. The number of anilines is 2. The Morgan fingerprint density at radius 1 is 1.17 bits per heavy atom. The molecule has 0 atom stereocenters. The van der Waals surface area contributed by atoms with Gasteiger partial charge in [-0.2, -0.15) is 13.2 Å². The van der Waals surface area contributed by atoms with Gasteiger partial charge in [-0.3, -0.25) is 0 Å². The lowest BCUT2D eigenvalue weighted by Gasteiger charge is -2.12. The fourth-order valence-electron chi connectivity index (χ4n) is 2.41. The first-order chi connectivity index (χ1) is 14.2. The van der Waals surface area contributed by atoms with Crippen LogP contribution < -0.4 is 5.32 Å². The van der Waals surface area contributed by atoms with Gasteiger partial charge in [-0.05, 0) is 32.0 Å². The molecule has 3 rings (SSSR count). The minimum absolute atomic E-state index is 0.0512. The molecular formula is C19H17F3N6O2. The number of rotatable bonds is 6. The van der Waals surface area contributed by atoms with Gasteiger partial charge in [-0.1, -0.05) is 0 Å². The van der Waals surface area contributed by atoms with Crippen molar-refractivity contribution in [3.05, 3.63) is 54.9 Å². The van der Waals surface area contributed by atoms with Crippen molar-refractivity contribution in [3.63, 3.8) is 0 Å². The van der Waals surface area contributed by atoms with Gasteiger partial charge in [0.2, 0.25) is 0 Å². The van der Waals surface area contributed by atoms with Gasteiger partial charge < -0.3 is 10.1 Å². The van der Waals surface area contributed by atoms with Crippen molar-refractivity contribution in [2.75, 3.05) is 5.32 Å². The number of halogens is 3. The highest BCUT2D eigenvalue weighted by Crippen LogP contribution is 2.34. The number of carbonyl (C=O) groups excluding carboxylic acids is 1. The van der Waals surface area contributed by atoms with Gasteiger partial charge in [0.05, 0.1) is 29.7 Å². The standard InChI is InChI=1S/C19H17F3N6O2/c1-12(2)30-17(29)3-4-28-11-25-18(27-28)13-5-14(19(20,21)22)7-15(6-13)26-16-8-23-10-24-9-16/h3-12,26H,1-2H3/b4-3-. The maximum absolute atomic E-state index is 13.4. The summed E-state index contributed by atoms with van der Waals surface area (Å²) in [5.74, 6) is -0.520. The summed E-state index contributed by atoms with van der Waals surface area (Å²) in [5.41, 5.74) is -0.136. The minimum Gasteiger partial charge on any atom is -0.460 e. The molecule has 2 heterocycles. The number of nitrogens with zero attached hydrogens (tertiary/aromatic N) is 5. The summed E-state index contributed by atoms with van der Waals surface area (Å²) in [5, 5.41) is 6.92. The molecule has 11 heteroatoms. The molecule has 0 aliphatic heterocycles. The highest BCUT2D eigenvalue weighted by molar-refractivity contribution is 5.85. The van der Waals surface area contributed by atoms with Crippen LogP contribution in [0, 0.1) is 0 Å². The van der Waals surface area contributed by atoms with Crippen molar-refractivity contribution < 1.29 is 22.7 Å². The molecule has 0 saturated heterocycles. The minimum atomic E-state index is -4.57. The van der Waals surface area contributed by atoms with E-state index in [0.717, 1.165) is 18.2 Å². The van der Waals surface area contributed by atoms with E-state index in [2.05, 4.69) is 25.4 Å². The molecule has 0 fully saturated rings. The van der Waals surface area contributed by atoms with E-state index in [1.807, 2.05) is 0 Å². The van der Waals surface area contributed by atoms with Crippen molar-refractivity contribution >= 4 is 23.5 Å². The molecule has 0 amide bonds. The van der Waals surface area contributed by atoms with Crippen LogP contribution in [0.25, 0.3) is 17.6 Å². The highest BCUT2D eigenvalue weighted by Gasteiger charge is 2.31. The third-order valence-corrected chi connectivity index (χ3v) is 3.59. The summed E-state index contributed by atoms with van der Waals surface area (Å²) in [6.07, 6.45) is 3.04. The van der Waals surface area contributed by atoms with E-state index in [4.69, 9.17) is 4.74 Å². The summed E-state index contributed by atoms with van der Waals surface area (Å²) < 4.78 is 46.2. The van der Waals surface area contributed by atoms with E-state index in [-0.39, 0.29) is 23.2 Å². The number of esters is 1. The lowest BCUT2D eigenvalue weighted by Crippen LogP contribution is -2.08. The Morgan fingerprint density at radius 2 is 1.90 bits per heavy atom. The van der Waals surface area contributed by atoms with Crippen LogP contribution in [-0.4, -0.2) is 36.8 Å². The van der Waals surface area contributed by atoms with Gasteiger partial charge in [0, 0.05) is 23.5 Å². The molecule has 3 aromatic rings. The van der Waals surface area contributed by atoms with Crippen LogP contribution in [0.1, 0.15) is 19.4 Å². The molecule has 30 heavy (non-hydrogen) atoms. The smallest absolute Gasteiger partial charge is 0.416 e. The van der Waals surface area contributed by atoms with Gasteiger partial charge in [-0.25, -0.2) is 24.4 Å². The Hall–Kier alpha value is -3.76. The van der Waals surface area contributed by atoms with E-state index in [0.29, 0.717) is 5.69 Å². The van der Waals surface area contributed by atoms with Crippen LogP contribution >= 0.6 is 0 Å². The predicted molar refractivity (Wildman–Crippen MR) is 102 cm³/mol. The van der Waals surface area contributed by atoms with Crippen molar-refractivity contribution in [3.8, 4) is 11.4 Å². The fourth-order valence-corrected chi connectivity index (χ4v) is 2.41. The van der Waals surface area contributed by atoms with E-state index < -0.39 is 17.7 Å². The molecule has 0 bridgehead atoms. The molecule has 156 valence electrons. The Morgan fingerprint density at radius 3 is 2.57 bits per heavy atom. The van der Waals surface area contributed by atoms with Gasteiger partial charge in [0.1, 0.15) is 12.7 Å². The van der Waals surface area contributed by atoms with Gasteiger partial charge in [0.15, 0.2) is 5.82 Å². The summed E-state index contributed by atoms with van der Waals surface area (Å²) in [4.78, 5) is 23.2. The number of alkyl halides is 3. The van der Waals surface area contributed by atoms with Gasteiger partial charge in [0.25, 0.3) is 0 Å².